The van der Waals surface area contributed by atoms with E-state index in [-0.39, 0.29) is 17.2 Å². The molecule has 30 heavy (non-hydrogen) atoms. The van der Waals surface area contributed by atoms with E-state index in [9.17, 15) is 4.79 Å². The van der Waals surface area contributed by atoms with Gasteiger partial charge in [-0.05, 0) is 34.7 Å². The van der Waals surface area contributed by atoms with Gasteiger partial charge in [-0.1, -0.05) is 93.2 Å². The van der Waals surface area contributed by atoms with Crippen LogP contribution in [0.2, 0.25) is 5.04 Å². The second-order valence-corrected chi connectivity index (χ2v) is 15.0. The fourth-order valence-corrected chi connectivity index (χ4v) is 10.7. The highest BCUT2D eigenvalue weighted by atomic mass is 32.2. The van der Waals surface area contributed by atoms with E-state index in [0.717, 1.165) is 19.3 Å². The molecule has 0 radical (unpaired) electrons. The second-order valence-electron chi connectivity index (χ2n) is 9.42. The minimum atomic E-state index is -2.52. The lowest BCUT2D eigenvalue weighted by Crippen LogP contribution is -2.67. The molecule has 0 bridgehead atoms. The summed E-state index contributed by atoms with van der Waals surface area (Å²) in [5.41, 5.74) is 0. The fourth-order valence-electron chi connectivity index (χ4n) is 4.92. The molecule has 0 aromatic heterocycles. The van der Waals surface area contributed by atoms with Gasteiger partial charge in [-0.3, -0.25) is 4.79 Å². The van der Waals surface area contributed by atoms with E-state index in [2.05, 4.69) is 81.4 Å². The largest absolute Gasteiger partial charge is 0.405 e. The molecule has 2 aliphatic rings. The molecule has 2 heterocycles. The summed E-state index contributed by atoms with van der Waals surface area (Å²) < 4.78 is 13.4. The number of carbonyl (C=O) groups excluding carboxylic acids is 1. The zero-order valence-corrected chi connectivity index (χ0v) is 20.0. The molecule has 0 amide bonds. The Morgan fingerprint density at radius 3 is 2.07 bits per heavy atom. The van der Waals surface area contributed by atoms with Crippen LogP contribution in [0.4, 0.5) is 0 Å². The first-order valence-electron chi connectivity index (χ1n) is 11.0. The smallest absolute Gasteiger partial charge is 0.261 e. The maximum absolute atomic E-state index is 11.7. The van der Waals surface area contributed by atoms with Gasteiger partial charge >= 0.3 is 0 Å². The standard InChI is InChI=1S/C25H32O3SSi/c1-25(2,3)30(20-10-6-4-7-11-20,21-12-8-5-9-13-21)27-18-19-14-15-22(28-19)23-16-17-24(26)29-23/h4-13,19,22-23H,14-18H2,1-3H3/t19-,22-,23-/m1/s1. The van der Waals surface area contributed by atoms with Crippen molar-refractivity contribution < 1.29 is 14.0 Å². The lowest BCUT2D eigenvalue weighted by molar-refractivity contribution is -0.110. The zero-order valence-electron chi connectivity index (χ0n) is 18.2. The van der Waals surface area contributed by atoms with Gasteiger partial charge in [0.1, 0.15) is 0 Å². The van der Waals surface area contributed by atoms with Crippen molar-refractivity contribution in [2.45, 2.75) is 69.0 Å². The van der Waals surface area contributed by atoms with Gasteiger partial charge in [0.2, 0.25) is 0 Å². The summed E-state index contributed by atoms with van der Waals surface area (Å²) in [6.07, 6.45) is 3.98. The third-order valence-corrected chi connectivity index (χ3v) is 12.7. The molecule has 0 saturated carbocycles. The van der Waals surface area contributed by atoms with Crippen LogP contribution in [0.1, 0.15) is 46.5 Å². The topological polar surface area (TPSA) is 35.5 Å². The molecule has 5 heteroatoms. The van der Waals surface area contributed by atoms with Crippen molar-refractivity contribution in [1.82, 2.24) is 0 Å². The Bertz CT molecular complexity index is 810. The Balaban J connectivity index is 1.57. The molecular weight excluding hydrogens is 408 g/mol. The minimum Gasteiger partial charge on any atom is -0.405 e. The molecule has 2 aliphatic heterocycles. The number of carbonyl (C=O) groups is 1. The molecule has 3 atom stereocenters. The number of ether oxygens (including phenoxy) is 1. The number of rotatable bonds is 6. The Kier molecular flexibility index (Phi) is 6.54. The maximum Gasteiger partial charge on any atom is 0.261 e. The molecule has 2 aromatic carbocycles. The van der Waals surface area contributed by atoms with Gasteiger partial charge in [0.15, 0.2) is 5.12 Å². The van der Waals surface area contributed by atoms with Gasteiger partial charge in [0.05, 0.1) is 18.8 Å². The fraction of sp³-hybridized carbons (Fsp3) is 0.480. The Hall–Kier alpha value is -1.40. The van der Waals surface area contributed by atoms with Gasteiger partial charge < -0.3 is 9.16 Å². The molecule has 4 rings (SSSR count). The number of benzene rings is 2. The molecule has 0 unspecified atom stereocenters. The molecule has 160 valence electrons. The van der Waals surface area contributed by atoms with Crippen LogP contribution < -0.4 is 10.4 Å². The average Bonchev–Trinajstić information content (AvgIpc) is 3.38. The molecule has 2 fully saturated rings. The monoisotopic (exact) mass is 440 g/mol. The summed E-state index contributed by atoms with van der Waals surface area (Å²) in [4.78, 5) is 11.7. The summed E-state index contributed by atoms with van der Waals surface area (Å²) in [6.45, 7) is 7.52. The van der Waals surface area contributed by atoms with E-state index in [1.165, 1.54) is 22.1 Å². The van der Waals surface area contributed by atoms with E-state index < -0.39 is 8.32 Å². The molecule has 2 aromatic rings. The molecule has 0 N–H and O–H groups in total. The lowest BCUT2D eigenvalue weighted by Gasteiger charge is -2.43. The summed E-state index contributed by atoms with van der Waals surface area (Å²) in [5, 5.41) is 3.22. The number of thioether (sulfide) groups is 1. The summed E-state index contributed by atoms with van der Waals surface area (Å²) in [5.74, 6) is 0. The van der Waals surface area contributed by atoms with Crippen LogP contribution in [0.3, 0.4) is 0 Å². The second kappa shape index (κ2) is 8.99. The normalized spacial score (nSPS) is 25.0. The Morgan fingerprint density at radius 1 is 0.967 bits per heavy atom. The van der Waals surface area contributed by atoms with Crippen molar-refractivity contribution in [3.8, 4) is 0 Å². The number of hydrogen-bond donors (Lipinski definition) is 0. The first-order chi connectivity index (χ1) is 14.4. The summed E-state index contributed by atoms with van der Waals surface area (Å²) in [6, 6.07) is 21.5. The minimum absolute atomic E-state index is 0.0264. The first kappa shape index (κ1) is 21.8. The summed E-state index contributed by atoms with van der Waals surface area (Å²) in [7, 11) is -2.52. The van der Waals surface area contributed by atoms with Crippen molar-refractivity contribution in [3.05, 3.63) is 60.7 Å². The van der Waals surface area contributed by atoms with Gasteiger partial charge in [0.25, 0.3) is 8.32 Å². The lowest BCUT2D eigenvalue weighted by atomic mass is 10.1. The van der Waals surface area contributed by atoms with Crippen LogP contribution in [0.25, 0.3) is 0 Å². The highest BCUT2D eigenvalue weighted by Crippen LogP contribution is 2.39. The SMILES string of the molecule is CC(C)(C)[Si](OC[C@H]1CC[C@H]([C@H]2CCC(=O)S2)O1)(c1ccccc1)c1ccccc1. The number of hydrogen-bond acceptors (Lipinski definition) is 4. The molecule has 0 spiro atoms. The van der Waals surface area contributed by atoms with Crippen LogP contribution in [-0.2, 0) is 14.0 Å². The predicted molar refractivity (Wildman–Crippen MR) is 127 cm³/mol. The van der Waals surface area contributed by atoms with E-state index in [0.29, 0.717) is 23.4 Å². The quantitative estimate of drug-likeness (QED) is 0.618. The van der Waals surface area contributed by atoms with Crippen molar-refractivity contribution in [1.29, 1.82) is 0 Å². The Labute approximate surface area is 185 Å². The molecule has 2 saturated heterocycles. The van der Waals surface area contributed by atoms with Gasteiger partial charge in [-0.15, -0.1) is 0 Å². The first-order valence-corrected chi connectivity index (χ1v) is 13.8. The Morgan fingerprint density at radius 2 is 1.57 bits per heavy atom. The van der Waals surface area contributed by atoms with Crippen LogP contribution in [0, 0.1) is 0 Å². The average molecular weight is 441 g/mol. The van der Waals surface area contributed by atoms with E-state index in [1.54, 1.807) is 0 Å². The zero-order chi connectivity index (χ0) is 21.2. The third kappa shape index (κ3) is 4.31. The van der Waals surface area contributed by atoms with Crippen LogP contribution >= 0.6 is 11.8 Å². The molecule has 0 aliphatic carbocycles. The van der Waals surface area contributed by atoms with Crippen LogP contribution in [0.5, 0.6) is 0 Å². The predicted octanol–water partition coefficient (Wildman–Crippen LogP) is 4.53. The highest BCUT2D eigenvalue weighted by molar-refractivity contribution is 8.14. The van der Waals surface area contributed by atoms with Crippen LogP contribution in [0.15, 0.2) is 60.7 Å². The maximum atomic E-state index is 11.7. The third-order valence-electron chi connectivity index (χ3n) is 6.37. The molecule has 3 nitrogen and oxygen atoms in total. The van der Waals surface area contributed by atoms with E-state index in [1.807, 2.05) is 0 Å². The van der Waals surface area contributed by atoms with Crippen molar-refractivity contribution in [3.63, 3.8) is 0 Å². The van der Waals surface area contributed by atoms with Crippen LogP contribution in [-0.4, -0.2) is 37.5 Å². The van der Waals surface area contributed by atoms with Crippen molar-refractivity contribution >= 4 is 35.6 Å². The van der Waals surface area contributed by atoms with Crippen molar-refractivity contribution in [2.75, 3.05) is 6.61 Å². The summed E-state index contributed by atoms with van der Waals surface area (Å²) >= 11 is 1.49. The van der Waals surface area contributed by atoms with E-state index >= 15 is 0 Å². The van der Waals surface area contributed by atoms with Gasteiger partial charge in [0, 0.05) is 11.7 Å². The van der Waals surface area contributed by atoms with Crippen molar-refractivity contribution in [2.24, 2.45) is 0 Å². The van der Waals surface area contributed by atoms with E-state index in [4.69, 9.17) is 9.16 Å². The highest BCUT2D eigenvalue weighted by Gasteiger charge is 2.50. The molecular formula is C25H32O3SSi. The van der Waals surface area contributed by atoms with Gasteiger partial charge in [-0.2, -0.15) is 0 Å². The van der Waals surface area contributed by atoms with Gasteiger partial charge in [-0.25, -0.2) is 0 Å².